The quantitative estimate of drug-likeness (QED) is 0.672. The predicted molar refractivity (Wildman–Crippen MR) is 68.1 cm³/mol. The molecule has 0 aliphatic heterocycles. The lowest BCUT2D eigenvalue weighted by atomic mass is 9.94. The van der Waals surface area contributed by atoms with Crippen LogP contribution in [0.1, 0.15) is 31.2 Å². The minimum atomic E-state index is -0.613. The topological polar surface area (TPSA) is 78.4 Å². The van der Waals surface area contributed by atoms with Gasteiger partial charge in [0.05, 0.1) is 23.7 Å². The highest BCUT2D eigenvalue weighted by Gasteiger charge is 2.19. The molecule has 0 spiro atoms. The molecule has 2 rings (SSSR count). The molecule has 0 heterocycles. The standard InChI is InChI=1S/C13H17FN2O3/c14-10-5-9(6-12(7-10)16(17)18)8-19-13-3-1-11(15)2-4-13/h5-7,11,13H,1-4,8,15H2. The maximum Gasteiger partial charge on any atom is 0.272 e. The average molecular weight is 268 g/mol. The summed E-state index contributed by atoms with van der Waals surface area (Å²) in [7, 11) is 0. The van der Waals surface area contributed by atoms with Gasteiger partial charge in [0.15, 0.2) is 0 Å². The Hall–Kier alpha value is -1.53. The molecule has 6 heteroatoms. The van der Waals surface area contributed by atoms with Crippen LogP contribution >= 0.6 is 0 Å². The number of benzene rings is 1. The number of nitrogens with two attached hydrogens (primary N) is 1. The third kappa shape index (κ3) is 3.97. The largest absolute Gasteiger partial charge is 0.374 e. The van der Waals surface area contributed by atoms with Crippen LogP contribution in [0.2, 0.25) is 0 Å². The molecule has 2 N–H and O–H groups in total. The van der Waals surface area contributed by atoms with E-state index in [9.17, 15) is 14.5 Å². The second kappa shape index (κ2) is 6.08. The summed E-state index contributed by atoms with van der Waals surface area (Å²) in [5.41, 5.74) is 6.04. The maximum absolute atomic E-state index is 13.2. The van der Waals surface area contributed by atoms with Gasteiger partial charge in [-0.2, -0.15) is 0 Å². The zero-order chi connectivity index (χ0) is 13.8. The molecule has 0 atom stereocenters. The van der Waals surface area contributed by atoms with E-state index in [1.807, 2.05) is 0 Å². The van der Waals surface area contributed by atoms with E-state index in [4.69, 9.17) is 10.5 Å². The molecule has 5 nitrogen and oxygen atoms in total. The second-order valence-electron chi connectivity index (χ2n) is 4.92. The fraction of sp³-hybridized carbons (Fsp3) is 0.538. The van der Waals surface area contributed by atoms with E-state index in [-0.39, 0.29) is 24.4 Å². The summed E-state index contributed by atoms with van der Waals surface area (Å²) in [6.07, 6.45) is 3.74. The molecule has 1 fully saturated rings. The predicted octanol–water partition coefficient (Wildman–Crippen LogP) is 2.52. The minimum absolute atomic E-state index is 0.113. The zero-order valence-corrected chi connectivity index (χ0v) is 10.5. The molecular weight excluding hydrogens is 251 g/mol. The lowest BCUT2D eigenvalue weighted by Gasteiger charge is -2.26. The van der Waals surface area contributed by atoms with Gasteiger partial charge in [-0.25, -0.2) is 4.39 Å². The number of nitro groups is 1. The Balaban J connectivity index is 1.94. The smallest absolute Gasteiger partial charge is 0.272 e. The number of non-ortho nitro benzene ring substituents is 1. The highest BCUT2D eigenvalue weighted by molar-refractivity contribution is 5.34. The van der Waals surface area contributed by atoms with E-state index in [1.165, 1.54) is 12.1 Å². The van der Waals surface area contributed by atoms with E-state index in [0.717, 1.165) is 31.7 Å². The molecule has 0 unspecified atom stereocenters. The summed E-state index contributed by atoms with van der Waals surface area (Å²) < 4.78 is 18.9. The number of ether oxygens (including phenoxy) is 1. The first kappa shape index (κ1) is 13.9. The van der Waals surface area contributed by atoms with Crippen LogP contribution in [0.5, 0.6) is 0 Å². The van der Waals surface area contributed by atoms with Crippen molar-refractivity contribution < 1.29 is 14.1 Å². The lowest BCUT2D eigenvalue weighted by molar-refractivity contribution is -0.385. The molecule has 1 aromatic carbocycles. The van der Waals surface area contributed by atoms with E-state index < -0.39 is 10.7 Å². The number of rotatable bonds is 4. The van der Waals surface area contributed by atoms with Crippen LogP contribution in [0.15, 0.2) is 18.2 Å². The van der Waals surface area contributed by atoms with Gasteiger partial charge in [0.2, 0.25) is 0 Å². The monoisotopic (exact) mass is 268 g/mol. The lowest BCUT2D eigenvalue weighted by Crippen LogP contribution is -2.30. The third-order valence-electron chi connectivity index (χ3n) is 3.36. The van der Waals surface area contributed by atoms with Crippen molar-refractivity contribution >= 4 is 5.69 Å². The summed E-state index contributed by atoms with van der Waals surface area (Å²) in [4.78, 5) is 10.0. The number of nitrogens with zero attached hydrogens (tertiary/aromatic N) is 1. The molecule has 0 bridgehead atoms. The van der Waals surface area contributed by atoms with Crippen molar-refractivity contribution in [3.63, 3.8) is 0 Å². The van der Waals surface area contributed by atoms with E-state index >= 15 is 0 Å². The molecule has 104 valence electrons. The molecule has 1 aliphatic rings. The van der Waals surface area contributed by atoms with Gasteiger partial charge in [-0.1, -0.05) is 0 Å². The fourth-order valence-corrected chi connectivity index (χ4v) is 2.29. The number of hydrogen-bond acceptors (Lipinski definition) is 4. The molecule has 0 saturated heterocycles. The van der Waals surface area contributed by atoms with Crippen LogP contribution in [-0.2, 0) is 11.3 Å². The first-order chi connectivity index (χ1) is 9.04. The van der Waals surface area contributed by atoms with Gasteiger partial charge < -0.3 is 10.5 Å². The van der Waals surface area contributed by atoms with Gasteiger partial charge in [0.25, 0.3) is 5.69 Å². The van der Waals surface area contributed by atoms with Crippen molar-refractivity contribution in [1.29, 1.82) is 0 Å². The van der Waals surface area contributed by atoms with Gasteiger partial charge in [-0.3, -0.25) is 10.1 Å². The van der Waals surface area contributed by atoms with Crippen molar-refractivity contribution in [3.8, 4) is 0 Å². The molecule has 19 heavy (non-hydrogen) atoms. The van der Waals surface area contributed by atoms with Crippen molar-refractivity contribution in [2.24, 2.45) is 5.73 Å². The van der Waals surface area contributed by atoms with E-state index in [1.54, 1.807) is 0 Å². The van der Waals surface area contributed by atoms with Gasteiger partial charge in [0.1, 0.15) is 5.82 Å². The Bertz CT molecular complexity index is 459. The van der Waals surface area contributed by atoms with E-state index in [0.29, 0.717) is 5.56 Å². The van der Waals surface area contributed by atoms with Crippen molar-refractivity contribution in [2.45, 2.75) is 44.4 Å². The van der Waals surface area contributed by atoms with Crippen LogP contribution in [0.4, 0.5) is 10.1 Å². The highest BCUT2D eigenvalue weighted by Crippen LogP contribution is 2.22. The highest BCUT2D eigenvalue weighted by atomic mass is 19.1. The van der Waals surface area contributed by atoms with Gasteiger partial charge in [-0.05, 0) is 37.3 Å². The molecule has 1 aromatic rings. The molecule has 0 aromatic heterocycles. The van der Waals surface area contributed by atoms with Crippen LogP contribution in [0, 0.1) is 15.9 Å². The first-order valence-electron chi connectivity index (χ1n) is 6.35. The second-order valence-corrected chi connectivity index (χ2v) is 4.92. The Morgan fingerprint density at radius 3 is 2.63 bits per heavy atom. The molecule has 0 amide bonds. The normalized spacial score (nSPS) is 23.3. The summed E-state index contributed by atoms with van der Waals surface area (Å²) in [5.74, 6) is -0.613. The molecule has 0 radical (unpaired) electrons. The third-order valence-corrected chi connectivity index (χ3v) is 3.36. The number of halogens is 1. The van der Waals surface area contributed by atoms with Crippen LogP contribution < -0.4 is 5.73 Å². The van der Waals surface area contributed by atoms with Gasteiger partial charge in [-0.15, -0.1) is 0 Å². The minimum Gasteiger partial charge on any atom is -0.374 e. The summed E-state index contributed by atoms with van der Waals surface area (Å²) in [6.45, 7) is 0.193. The van der Waals surface area contributed by atoms with Gasteiger partial charge >= 0.3 is 0 Å². The Labute approximate surface area is 110 Å². The Morgan fingerprint density at radius 2 is 2.00 bits per heavy atom. The fourth-order valence-electron chi connectivity index (χ4n) is 2.29. The van der Waals surface area contributed by atoms with Crippen LogP contribution in [0.25, 0.3) is 0 Å². The van der Waals surface area contributed by atoms with Crippen molar-refractivity contribution in [3.05, 3.63) is 39.7 Å². The number of nitro benzene ring substituents is 1. The molecule has 1 aliphatic carbocycles. The zero-order valence-electron chi connectivity index (χ0n) is 10.5. The van der Waals surface area contributed by atoms with Crippen LogP contribution in [0.3, 0.4) is 0 Å². The average Bonchev–Trinajstić information content (AvgIpc) is 2.37. The summed E-state index contributed by atoms with van der Waals surface area (Å²) in [5, 5.41) is 10.6. The molecule has 1 saturated carbocycles. The van der Waals surface area contributed by atoms with Crippen LogP contribution in [-0.4, -0.2) is 17.1 Å². The Morgan fingerprint density at radius 1 is 1.32 bits per heavy atom. The summed E-state index contributed by atoms with van der Waals surface area (Å²) in [6, 6.07) is 3.76. The van der Waals surface area contributed by atoms with Crippen molar-refractivity contribution in [1.82, 2.24) is 0 Å². The SMILES string of the molecule is NC1CCC(OCc2cc(F)cc([N+](=O)[O-])c2)CC1. The maximum atomic E-state index is 13.2. The first-order valence-corrected chi connectivity index (χ1v) is 6.35. The summed E-state index contributed by atoms with van der Waals surface area (Å²) >= 11 is 0. The molecular formula is C13H17FN2O3. The number of hydrogen-bond donors (Lipinski definition) is 1. The Kier molecular flexibility index (Phi) is 4.44. The van der Waals surface area contributed by atoms with Gasteiger partial charge in [0, 0.05) is 12.1 Å². The van der Waals surface area contributed by atoms with Crippen molar-refractivity contribution in [2.75, 3.05) is 0 Å². The van der Waals surface area contributed by atoms with E-state index in [2.05, 4.69) is 0 Å².